The summed E-state index contributed by atoms with van der Waals surface area (Å²) in [7, 11) is 0. The summed E-state index contributed by atoms with van der Waals surface area (Å²) < 4.78 is 6.26. The quantitative estimate of drug-likeness (QED) is 0.634. The number of hydrogen-bond donors (Lipinski definition) is 2. The number of thiocarbonyl (C=S) groups is 1. The Morgan fingerprint density at radius 1 is 1.21 bits per heavy atom. The number of nitrogens with one attached hydrogen (secondary N) is 2. The van der Waals surface area contributed by atoms with Crippen molar-refractivity contribution >= 4 is 38.9 Å². The van der Waals surface area contributed by atoms with Crippen LogP contribution < -0.4 is 10.6 Å². The maximum atomic E-state index is 5.28. The number of aryl methyl sites for hydroxylation is 1. The van der Waals surface area contributed by atoms with Crippen LogP contribution in [0, 0.1) is 6.92 Å². The molecule has 2 aromatic carbocycles. The van der Waals surface area contributed by atoms with Crippen LogP contribution in [0.3, 0.4) is 0 Å². The average molecular weight is 403 g/mol. The number of anilines is 1. The average Bonchev–Trinajstić information content (AvgIpc) is 3.02. The fourth-order valence-electron chi connectivity index (χ4n) is 2.16. The van der Waals surface area contributed by atoms with E-state index in [0.29, 0.717) is 23.4 Å². The molecule has 24 heavy (non-hydrogen) atoms. The molecule has 122 valence electrons. The summed E-state index contributed by atoms with van der Waals surface area (Å²) >= 11 is 8.69. The van der Waals surface area contributed by atoms with Crippen molar-refractivity contribution in [3.8, 4) is 11.4 Å². The number of aromatic nitrogens is 2. The van der Waals surface area contributed by atoms with Gasteiger partial charge >= 0.3 is 0 Å². The molecule has 7 heteroatoms. The smallest absolute Gasteiger partial charge is 0.246 e. The first-order valence-corrected chi connectivity index (χ1v) is 8.51. The van der Waals surface area contributed by atoms with Crippen LogP contribution in [0.2, 0.25) is 0 Å². The van der Waals surface area contributed by atoms with E-state index in [9.17, 15) is 0 Å². The highest BCUT2D eigenvalue weighted by molar-refractivity contribution is 9.10. The molecule has 1 aromatic heterocycles. The minimum atomic E-state index is 0.360. The summed E-state index contributed by atoms with van der Waals surface area (Å²) in [6.07, 6.45) is 0. The van der Waals surface area contributed by atoms with Crippen LogP contribution >= 0.6 is 28.1 Å². The summed E-state index contributed by atoms with van der Waals surface area (Å²) in [5.74, 6) is 1.06. The first-order valence-electron chi connectivity index (χ1n) is 7.31. The molecule has 0 aliphatic carbocycles. The lowest BCUT2D eigenvalue weighted by atomic mass is 10.1. The molecule has 2 N–H and O–H groups in total. The van der Waals surface area contributed by atoms with Gasteiger partial charge in [-0.3, -0.25) is 0 Å². The number of halogens is 1. The topological polar surface area (TPSA) is 63.0 Å². The first kappa shape index (κ1) is 16.6. The van der Waals surface area contributed by atoms with E-state index in [1.807, 2.05) is 55.5 Å². The zero-order valence-corrected chi connectivity index (χ0v) is 15.3. The van der Waals surface area contributed by atoms with Gasteiger partial charge in [-0.15, -0.1) is 0 Å². The van der Waals surface area contributed by atoms with Crippen molar-refractivity contribution < 1.29 is 4.52 Å². The van der Waals surface area contributed by atoms with Crippen molar-refractivity contribution in [1.29, 1.82) is 0 Å². The Morgan fingerprint density at radius 3 is 2.83 bits per heavy atom. The fraction of sp³-hybridized carbons (Fsp3) is 0.118. The van der Waals surface area contributed by atoms with Gasteiger partial charge < -0.3 is 15.2 Å². The van der Waals surface area contributed by atoms with Gasteiger partial charge in [0.05, 0.1) is 6.54 Å². The molecule has 0 saturated carbocycles. The third-order valence-corrected chi connectivity index (χ3v) is 4.08. The van der Waals surface area contributed by atoms with Crippen LogP contribution in [-0.4, -0.2) is 15.3 Å². The van der Waals surface area contributed by atoms with Gasteiger partial charge in [-0.05, 0) is 42.9 Å². The van der Waals surface area contributed by atoms with E-state index in [1.54, 1.807) is 0 Å². The molecule has 0 aliphatic heterocycles. The molecule has 0 bridgehead atoms. The molecule has 3 aromatic rings. The lowest BCUT2D eigenvalue weighted by molar-refractivity contribution is 0.376. The van der Waals surface area contributed by atoms with E-state index in [1.165, 1.54) is 0 Å². The molecule has 1 heterocycles. The maximum absolute atomic E-state index is 5.28. The van der Waals surface area contributed by atoms with Gasteiger partial charge in [-0.1, -0.05) is 51.4 Å². The lowest BCUT2D eigenvalue weighted by Gasteiger charge is -2.08. The highest BCUT2D eigenvalue weighted by Gasteiger charge is 2.10. The molecule has 5 nitrogen and oxygen atoms in total. The molecule has 0 spiro atoms. The normalized spacial score (nSPS) is 10.4. The minimum absolute atomic E-state index is 0.360. The van der Waals surface area contributed by atoms with Crippen LogP contribution in [-0.2, 0) is 6.54 Å². The van der Waals surface area contributed by atoms with Gasteiger partial charge in [0.1, 0.15) is 0 Å². The second-order valence-corrected chi connectivity index (χ2v) is 6.47. The molecular formula is C17H15BrN4OS. The molecule has 0 fully saturated rings. The van der Waals surface area contributed by atoms with E-state index < -0.39 is 0 Å². The fourth-order valence-corrected chi connectivity index (χ4v) is 2.75. The summed E-state index contributed by atoms with van der Waals surface area (Å²) in [5, 5.41) is 10.7. The van der Waals surface area contributed by atoms with E-state index in [0.717, 1.165) is 21.3 Å². The van der Waals surface area contributed by atoms with Crippen molar-refractivity contribution in [3.63, 3.8) is 0 Å². The largest absolute Gasteiger partial charge is 0.353 e. The van der Waals surface area contributed by atoms with Crippen molar-refractivity contribution in [1.82, 2.24) is 15.5 Å². The molecule has 0 saturated heterocycles. The van der Waals surface area contributed by atoms with Crippen molar-refractivity contribution in [3.05, 3.63) is 64.5 Å². The Bertz CT molecular complexity index is 865. The second kappa shape index (κ2) is 7.55. The molecule has 0 radical (unpaired) electrons. The van der Waals surface area contributed by atoms with Crippen LogP contribution in [0.15, 0.2) is 57.5 Å². The summed E-state index contributed by atoms with van der Waals surface area (Å²) in [5.41, 5.74) is 2.96. The van der Waals surface area contributed by atoms with Gasteiger partial charge in [0, 0.05) is 15.7 Å². The van der Waals surface area contributed by atoms with E-state index in [2.05, 4.69) is 36.7 Å². The Morgan fingerprint density at radius 2 is 2.04 bits per heavy atom. The Balaban J connectivity index is 1.59. The Kier molecular flexibility index (Phi) is 5.22. The summed E-state index contributed by atoms with van der Waals surface area (Å²) in [4.78, 5) is 4.40. The molecule has 0 aliphatic rings. The lowest BCUT2D eigenvalue weighted by Crippen LogP contribution is -2.28. The molecular weight excluding hydrogens is 388 g/mol. The number of hydrogen-bond acceptors (Lipinski definition) is 4. The molecule has 0 unspecified atom stereocenters. The zero-order valence-electron chi connectivity index (χ0n) is 12.9. The standard InChI is InChI=1S/C17H15BrN4OS/c1-11-5-2-3-8-14(11)16-21-15(23-22-16)10-19-17(24)20-13-7-4-6-12(18)9-13/h2-9H,10H2,1H3,(H2,19,20,24). The number of nitrogens with zero attached hydrogens (tertiary/aromatic N) is 2. The molecule has 3 rings (SSSR count). The monoisotopic (exact) mass is 402 g/mol. The summed E-state index contributed by atoms with van der Waals surface area (Å²) in [6, 6.07) is 15.7. The van der Waals surface area contributed by atoms with Gasteiger partial charge in [0.2, 0.25) is 11.7 Å². The predicted octanol–water partition coefficient (Wildman–Crippen LogP) is 4.29. The van der Waals surface area contributed by atoms with E-state index in [-0.39, 0.29) is 0 Å². The maximum Gasteiger partial charge on any atom is 0.246 e. The van der Waals surface area contributed by atoms with Crippen molar-refractivity contribution in [2.45, 2.75) is 13.5 Å². The highest BCUT2D eigenvalue weighted by atomic mass is 79.9. The van der Waals surface area contributed by atoms with Crippen molar-refractivity contribution in [2.24, 2.45) is 0 Å². The molecule has 0 amide bonds. The van der Waals surface area contributed by atoms with Gasteiger partial charge in [0.15, 0.2) is 5.11 Å². The van der Waals surface area contributed by atoms with Crippen LogP contribution in [0.1, 0.15) is 11.5 Å². The van der Waals surface area contributed by atoms with E-state index in [4.69, 9.17) is 16.7 Å². The zero-order chi connectivity index (χ0) is 16.9. The van der Waals surface area contributed by atoms with Gasteiger partial charge in [-0.25, -0.2) is 0 Å². The third-order valence-electron chi connectivity index (χ3n) is 3.34. The Labute approximate surface area is 153 Å². The van der Waals surface area contributed by atoms with Gasteiger partial charge in [-0.2, -0.15) is 4.98 Å². The highest BCUT2D eigenvalue weighted by Crippen LogP contribution is 2.19. The number of rotatable bonds is 4. The SMILES string of the molecule is Cc1ccccc1-c1noc(CNC(=S)Nc2cccc(Br)c2)n1. The molecule has 0 atom stereocenters. The van der Waals surface area contributed by atoms with Crippen LogP contribution in [0.5, 0.6) is 0 Å². The summed E-state index contributed by atoms with van der Waals surface area (Å²) in [6.45, 7) is 2.37. The first-order chi connectivity index (χ1) is 11.6. The Hall–Kier alpha value is -2.25. The second-order valence-electron chi connectivity index (χ2n) is 5.14. The van der Waals surface area contributed by atoms with Gasteiger partial charge in [0.25, 0.3) is 0 Å². The van der Waals surface area contributed by atoms with E-state index >= 15 is 0 Å². The number of benzene rings is 2. The third kappa shape index (κ3) is 4.18. The van der Waals surface area contributed by atoms with Crippen molar-refractivity contribution in [2.75, 3.05) is 5.32 Å². The van der Waals surface area contributed by atoms with Crippen LogP contribution in [0.4, 0.5) is 5.69 Å². The minimum Gasteiger partial charge on any atom is -0.353 e. The van der Waals surface area contributed by atoms with Crippen LogP contribution in [0.25, 0.3) is 11.4 Å². The predicted molar refractivity (Wildman–Crippen MR) is 102 cm³/mol.